The van der Waals surface area contributed by atoms with E-state index in [0.29, 0.717) is 5.82 Å². The normalized spacial score (nSPS) is 21.4. The highest BCUT2D eigenvalue weighted by atomic mass is 16.4. The Morgan fingerprint density at radius 3 is 2.45 bits per heavy atom. The number of anilines is 1. The Bertz CT molecular complexity index is 493. The van der Waals surface area contributed by atoms with Crippen molar-refractivity contribution in [3.05, 3.63) is 23.9 Å². The van der Waals surface area contributed by atoms with Crippen LogP contribution in [0.3, 0.4) is 0 Å². The summed E-state index contributed by atoms with van der Waals surface area (Å²) in [4.78, 5) is 15.4. The third-order valence-electron chi connectivity index (χ3n) is 3.93. The van der Waals surface area contributed by atoms with Gasteiger partial charge in [0.15, 0.2) is 0 Å². The van der Waals surface area contributed by atoms with Crippen molar-refractivity contribution in [3.63, 3.8) is 0 Å². The fourth-order valence-electron chi connectivity index (χ4n) is 3.83. The van der Waals surface area contributed by atoms with Crippen molar-refractivity contribution in [2.24, 2.45) is 10.8 Å². The van der Waals surface area contributed by atoms with E-state index in [4.69, 9.17) is 0 Å². The van der Waals surface area contributed by atoms with Crippen LogP contribution in [0.4, 0.5) is 5.82 Å². The van der Waals surface area contributed by atoms with E-state index >= 15 is 0 Å². The molecule has 2 N–H and O–H groups in total. The molecular weight excluding hydrogens is 252 g/mol. The van der Waals surface area contributed by atoms with Gasteiger partial charge in [0.2, 0.25) is 0 Å². The summed E-state index contributed by atoms with van der Waals surface area (Å²) in [5, 5.41) is 12.6. The van der Waals surface area contributed by atoms with Crippen molar-refractivity contribution in [3.8, 4) is 0 Å². The number of aromatic carboxylic acids is 1. The predicted molar refractivity (Wildman–Crippen MR) is 80.0 cm³/mol. The molecule has 0 saturated heterocycles. The molecule has 1 aliphatic carbocycles. The zero-order chi connectivity index (χ0) is 15.0. The lowest BCUT2D eigenvalue weighted by atomic mass is 9.63. The van der Waals surface area contributed by atoms with Gasteiger partial charge in [-0.25, -0.2) is 9.78 Å². The summed E-state index contributed by atoms with van der Waals surface area (Å²) >= 11 is 0. The van der Waals surface area contributed by atoms with Gasteiger partial charge in [-0.1, -0.05) is 27.7 Å². The largest absolute Gasteiger partial charge is 0.478 e. The predicted octanol–water partition coefficient (Wildman–Crippen LogP) is 3.80. The minimum absolute atomic E-state index is 0.244. The Labute approximate surface area is 120 Å². The number of nitrogens with one attached hydrogen (secondary N) is 1. The molecule has 1 fully saturated rings. The van der Waals surface area contributed by atoms with Crippen LogP contribution in [0.25, 0.3) is 0 Å². The van der Waals surface area contributed by atoms with Gasteiger partial charge in [-0.3, -0.25) is 0 Å². The van der Waals surface area contributed by atoms with Gasteiger partial charge in [-0.15, -0.1) is 0 Å². The summed E-state index contributed by atoms with van der Waals surface area (Å²) in [6.45, 7) is 9.11. The number of carbonyl (C=O) groups is 1. The highest BCUT2D eigenvalue weighted by Crippen LogP contribution is 2.46. The number of hydrogen-bond acceptors (Lipinski definition) is 3. The van der Waals surface area contributed by atoms with Crippen molar-refractivity contribution < 1.29 is 9.90 Å². The fraction of sp³-hybridized carbons (Fsp3) is 0.625. The minimum atomic E-state index is -0.935. The van der Waals surface area contributed by atoms with Crippen molar-refractivity contribution in [2.75, 3.05) is 5.32 Å². The topological polar surface area (TPSA) is 62.2 Å². The molecule has 110 valence electrons. The summed E-state index contributed by atoms with van der Waals surface area (Å²) in [6.07, 6.45) is 4.89. The third-order valence-corrected chi connectivity index (χ3v) is 3.93. The number of pyridine rings is 1. The van der Waals surface area contributed by atoms with Gasteiger partial charge >= 0.3 is 5.97 Å². The molecule has 0 bridgehead atoms. The zero-order valence-electron chi connectivity index (χ0n) is 12.7. The lowest BCUT2D eigenvalue weighted by Gasteiger charge is -2.45. The fourth-order valence-corrected chi connectivity index (χ4v) is 3.83. The average molecular weight is 276 g/mol. The summed E-state index contributed by atoms with van der Waals surface area (Å²) in [6, 6.07) is 3.52. The molecule has 1 heterocycles. The van der Waals surface area contributed by atoms with Gasteiger partial charge in [0, 0.05) is 12.2 Å². The first-order chi connectivity index (χ1) is 9.19. The molecule has 0 radical (unpaired) electrons. The van der Waals surface area contributed by atoms with Crippen LogP contribution in [0.15, 0.2) is 18.3 Å². The van der Waals surface area contributed by atoms with Gasteiger partial charge in [-0.05, 0) is 42.2 Å². The van der Waals surface area contributed by atoms with Crippen LogP contribution in [0, 0.1) is 10.8 Å². The smallest absolute Gasteiger partial charge is 0.339 e. The summed E-state index contributed by atoms with van der Waals surface area (Å²) in [5.74, 6) is -0.451. The monoisotopic (exact) mass is 276 g/mol. The molecule has 20 heavy (non-hydrogen) atoms. The highest BCUT2D eigenvalue weighted by Gasteiger charge is 2.38. The Balaban J connectivity index is 2.20. The first-order valence-corrected chi connectivity index (χ1v) is 7.13. The van der Waals surface area contributed by atoms with Gasteiger partial charge in [0.1, 0.15) is 11.4 Å². The Hall–Kier alpha value is -1.58. The molecule has 2 rings (SSSR count). The lowest BCUT2D eigenvalue weighted by molar-refractivity contribution is 0.0697. The molecule has 0 unspecified atom stereocenters. The van der Waals surface area contributed by atoms with Gasteiger partial charge in [0.05, 0.1) is 0 Å². The van der Waals surface area contributed by atoms with Crippen LogP contribution >= 0.6 is 0 Å². The molecule has 0 aromatic carbocycles. The van der Waals surface area contributed by atoms with Crippen molar-refractivity contribution in [2.45, 2.75) is 53.0 Å². The maximum absolute atomic E-state index is 11.2. The van der Waals surface area contributed by atoms with Crippen LogP contribution < -0.4 is 5.32 Å². The van der Waals surface area contributed by atoms with E-state index in [-0.39, 0.29) is 22.4 Å². The van der Waals surface area contributed by atoms with E-state index in [1.807, 2.05) is 0 Å². The first kappa shape index (κ1) is 14.8. The number of nitrogens with zero attached hydrogens (tertiary/aromatic N) is 1. The maximum Gasteiger partial charge on any atom is 0.339 e. The van der Waals surface area contributed by atoms with Crippen LogP contribution in [0.1, 0.15) is 57.3 Å². The number of hydrogen-bond donors (Lipinski definition) is 2. The summed E-state index contributed by atoms with van der Waals surface area (Å²) in [7, 11) is 0. The number of carboxylic acid groups (broad SMARTS) is 1. The van der Waals surface area contributed by atoms with E-state index in [1.165, 1.54) is 6.42 Å². The SMILES string of the molecule is CC1(C)CC(Nc2ncccc2C(=O)O)CC(C)(C)C1. The van der Waals surface area contributed by atoms with Gasteiger partial charge < -0.3 is 10.4 Å². The third kappa shape index (κ3) is 3.50. The maximum atomic E-state index is 11.2. The molecule has 0 atom stereocenters. The van der Waals surface area contributed by atoms with Crippen LogP contribution in [-0.2, 0) is 0 Å². The van der Waals surface area contributed by atoms with E-state index in [0.717, 1.165) is 12.8 Å². The van der Waals surface area contributed by atoms with E-state index in [9.17, 15) is 9.90 Å². The zero-order valence-corrected chi connectivity index (χ0v) is 12.7. The van der Waals surface area contributed by atoms with E-state index in [1.54, 1.807) is 18.3 Å². The Morgan fingerprint density at radius 1 is 1.30 bits per heavy atom. The summed E-state index contributed by atoms with van der Waals surface area (Å²) in [5.41, 5.74) is 0.767. The minimum Gasteiger partial charge on any atom is -0.478 e. The van der Waals surface area contributed by atoms with Crippen molar-refractivity contribution >= 4 is 11.8 Å². The quantitative estimate of drug-likeness (QED) is 0.881. The molecule has 4 heteroatoms. The molecule has 1 aromatic rings. The van der Waals surface area contributed by atoms with Crippen molar-refractivity contribution in [1.29, 1.82) is 0 Å². The molecule has 4 nitrogen and oxygen atoms in total. The van der Waals surface area contributed by atoms with E-state index in [2.05, 4.69) is 38.0 Å². The van der Waals surface area contributed by atoms with Crippen LogP contribution in [0.5, 0.6) is 0 Å². The molecule has 0 aliphatic heterocycles. The summed E-state index contributed by atoms with van der Waals surface area (Å²) < 4.78 is 0. The molecule has 1 aliphatic rings. The van der Waals surface area contributed by atoms with Crippen LogP contribution in [0.2, 0.25) is 0 Å². The van der Waals surface area contributed by atoms with Gasteiger partial charge in [0.25, 0.3) is 0 Å². The highest BCUT2D eigenvalue weighted by molar-refractivity contribution is 5.93. The molecule has 1 aromatic heterocycles. The molecule has 1 saturated carbocycles. The molecule has 0 amide bonds. The lowest BCUT2D eigenvalue weighted by Crippen LogP contribution is -2.40. The van der Waals surface area contributed by atoms with E-state index < -0.39 is 5.97 Å². The first-order valence-electron chi connectivity index (χ1n) is 7.13. The number of aromatic nitrogens is 1. The molecular formula is C16H24N2O2. The Morgan fingerprint density at radius 2 is 1.90 bits per heavy atom. The standard InChI is InChI=1S/C16H24N2O2/c1-15(2)8-11(9-16(3,4)10-15)18-13-12(14(19)20)6-5-7-17-13/h5-7,11H,8-10H2,1-4H3,(H,17,18)(H,19,20). The second-order valence-corrected chi connectivity index (χ2v) is 7.46. The van der Waals surface area contributed by atoms with Crippen molar-refractivity contribution in [1.82, 2.24) is 4.98 Å². The van der Waals surface area contributed by atoms with Gasteiger partial charge in [-0.2, -0.15) is 0 Å². The molecule has 0 spiro atoms. The number of rotatable bonds is 3. The van der Waals surface area contributed by atoms with Crippen LogP contribution in [-0.4, -0.2) is 22.1 Å². The second-order valence-electron chi connectivity index (χ2n) is 7.46. The Kier molecular flexibility index (Phi) is 3.76. The second kappa shape index (κ2) is 5.08. The average Bonchev–Trinajstić information content (AvgIpc) is 2.24. The number of carboxylic acids is 1.